The fraction of sp³-hybridized carbons (Fsp3) is 0. The number of nitrogens with two attached hydrogens (primary N) is 1. The highest BCUT2D eigenvalue weighted by molar-refractivity contribution is 9.10. The van der Waals surface area contributed by atoms with E-state index in [0.717, 1.165) is 12.1 Å². The molecule has 0 aromatic heterocycles. The largest absolute Gasteiger partial charge is 0.324 e. The molecule has 0 saturated carbocycles. The number of benzene rings is 2. The van der Waals surface area contributed by atoms with Crippen molar-refractivity contribution in [2.24, 2.45) is 5.84 Å². The standard InChI is InChI=1S/C12H10BrF2N3O2S/c13-7-5-10(14)12(11(15)6-7)18-21(19,20)9-3-1-8(17-16)2-4-9/h1-6,17-18H,16H2. The fourth-order valence-corrected chi connectivity index (χ4v) is 3.04. The molecular formula is C12H10BrF2N3O2S. The summed E-state index contributed by atoms with van der Waals surface area (Å²) in [4.78, 5) is -0.150. The fourth-order valence-electron chi connectivity index (χ4n) is 1.56. The van der Waals surface area contributed by atoms with E-state index in [-0.39, 0.29) is 9.37 Å². The molecular weight excluding hydrogens is 368 g/mol. The van der Waals surface area contributed by atoms with Gasteiger partial charge in [0.05, 0.1) is 4.90 Å². The first-order valence-corrected chi connectivity index (χ1v) is 7.85. The highest BCUT2D eigenvalue weighted by Gasteiger charge is 2.19. The van der Waals surface area contributed by atoms with E-state index in [1.165, 1.54) is 24.3 Å². The van der Waals surface area contributed by atoms with Crippen molar-refractivity contribution in [3.63, 3.8) is 0 Å². The number of anilines is 2. The molecule has 0 atom stereocenters. The van der Waals surface area contributed by atoms with Crippen molar-refractivity contribution in [1.29, 1.82) is 0 Å². The zero-order valence-corrected chi connectivity index (χ0v) is 12.8. The van der Waals surface area contributed by atoms with Crippen LogP contribution in [-0.4, -0.2) is 8.42 Å². The van der Waals surface area contributed by atoms with E-state index in [4.69, 9.17) is 5.84 Å². The second-order valence-corrected chi connectivity index (χ2v) is 6.62. The van der Waals surface area contributed by atoms with Gasteiger partial charge in [0.1, 0.15) is 5.69 Å². The van der Waals surface area contributed by atoms with Crippen molar-refractivity contribution in [2.45, 2.75) is 4.90 Å². The van der Waals surface area contributed by atoms with E-state index in [1.807, 2.05) is 4.72 Å². The van der Waals surface area contributed by atoms with Crippen molar-refractivity contribution in [3.05, 3.63) is 52.5 Å². The molecule has 0 saturated heterocycles. The average Bonchev–Trinajstić information content (AvgIpc) is 2.43. The molecule has 0 aliphatic carbocycles. The van der Waals surface area contributed by atoms with Crippen LogP contribution in [-0.2, 0) is 10.0 Å². The van der Waals surface area contributed by atoms with Crippen LogP contribution in [0.3, 0.4) is 0 Å². The number of sulfonamides is 1. The third kappa shape index (κ3) is 3.49. The van der Waals surface area contributed by atoms with E-state index >= 15 is 0 Å². The summed E-state index contributed by atoms with van der Waals surface area (Å²) < 4.78 is 53.5. The Morgan fingerprint density at radius 1 is 1.05 bits per heavy atom. The molecule has 112 valence electrons. The van der Waals surface area contributed by atoms with Gasteiger partial charge in [0.2, 0.25) is 0 Å². The van der Waals surface area contributed by atoms with Gasteiger partial charge < -0.3 is 5.43 Å². The maximum atomic E-state index is 13.7. The molecule has 0 aliphatic rings. The number of hydrogen-bond donors (Lipinski definition) is 3. The predicted molar refractivity (Wildman–Crippen MR) is 79.1 cm³/mol. The molecule has 0 spiro atoms. The lowest BCUT2D eigenvalue weighted by Crippen LogP contribution is -2.15. The predicted octanol–water partition coefficient (Wildman–Crippen LogP) is 2.81. The van der Waals surface area contributed by atoms with Crippen LogP contribution in [0.1, 0.15) is 0 Å². The van der Waals surface area contributed by atoms with Crippen LogP contribution < -0.4 is 16.0 Å². The quantitative estimate of drug-likeness (QED) is 0.564. The minimum absolute atomic E-state index is 0.150. The molecule has 0 bridgehead atoms. The molecule has 0 unspecified atom stereocenters. The van der Waals surface area contributed by atoms with Gasteiger partial charge in [-0.25, -0.2) is 17.2 Å². The van der Waals surface area contributed by atoms with Gasteiger partial charge in [0.15, 0.2) is 11.6 Å². The molecule has 0 aliphatic heterocycles. The minimum atomic E-state index is -4.11. The van der Waals surface area contributed by atoms with Crippen molar-refractivity contribution in [2.75, 3.05) is 10.1 Å². The van der Waals surface area contributed by atoms with E-state index in [1.54, 1.807) is 0 Å². The highest BCUT2D eigenvalue weighted by atomic mass is 79.9. The third-order valence-electron chi connectivity index (χ3n) is 2.57. The maximum Gasteiger partial charge on any atom is 0.262 e. The summed E-state index contributed by atoms with van der Waals surface area (Å²) in [5.74, 6) is 3.12. The lowest BCUT2D eigenvalue weighted by atomic mass is 10.3. The summed E-state index contributed by atoms with van der Waals surface area (Å²) in [7, 11) is -4.11. The van der Waals surface area contributed by atoms with Gasteiger partial charge in [-0.3, -0.25) is 10.6 Å². The number of rotatable bonds is 4. The Bertz CT molecular complexity index is 744. The van der Waals surface area contributed by atoms with Crippen LogP contribution in [0, 0.1) is 11.6 Å². The normalized spacial score (nSPS) is 11.2. The van der Waals surface area contributed by atoms with E-state index < -0.39 is 27.3 Å². The Labute approximate surface area is 128 Å². The summed E-state index contributed by atoms with van der Waals surface area (Å²) in [5.41, 5.74) is 2.10. The minimum Gasteiger partial charge on any atom is -0.324 e. The molecule has 0 amide bonds. The van der Waals surface area contributed by atoms with Crippen LogP contribution in [0.25, 0.3) is 0 Å². The Morgan fingerprint density at radius 2 is 1.57 bits per heavy atom. The first-order chi connectivity index (χ1) is 9.83. The van der Waals surface area contributed by atoms with Crippen molar-refractivity contribution in [3.8, 4) is 0 Å². The van der Waals surface area contributed by atoms with Gasteiger partial charge in [-0.2, -0.15) is 0 Å². The second kappa shape index (κ2) is 5.96. The third-order valence-corrected chi connectivity index (χ3v) is 4.40. The monoisotopic (exact) mass is 377 g/mol. The zero-order chi connectivity index (χ0) is 15.6. The van der Waals surface area contributed by atoms with Crippen LogP contribution in [0.2, 0.25) is 0 Å². The first-order valence-electron chi connectivity index (χ1n) is 5.57. The van der Waals surface area contributed by atoms with Gasteiger partial charge in [-0.05, 0) is 36.4 Å². The molecule has 0 radical (unpaired) electrons. The molecule has 2 aromatic carbocycles. The van der Waals surface area contributed by atoms with Gasteiger partial charge >= 0.3 is 0 Å². The van der Waals surface area contributed by atoms with Gasteiger partial charge in [-0.1, -0.05) is 15.9 Å². The average molecular weight is 378 g/mol. The zero-order valence-electron chi connectivity index (χ0n) is 10.4. The molecule has 21 heavy (non-hydrogen) atoms. The van der Waals surface area contributed by atoms with Crippen LogP contribution in [0.5, 0.6) is 0 Å². The molecule has 2 aromatic rings. The number of nitrogen functional groups attached to an aromatic ring is 1. The van der Waals surface area contributed by atoms with Crippen LogP contribution in [0.15, 0.2) is 45.8 Å². The van der Waals surface area contributed by atoms with E-state index in [0.29, 0.717) is 5.69 Å². The number of halogens is 3. The maximum absolute atomic E-state index is 13.7. The Hall–Kier alpha value is -1.71. The number of nitrogens with one attached hydrogen (secondary N) is 2. The Kier molecular flexibility index (Phi) is 4.45. The number of hydrazine groups is 1. The molecule has 9 heteroatoms. The summed E-state index contributed by atoms with van der Waals surface area (Å²) in [6.07, 6.45) is 0. The first kappa shape index (κ1) is 15.7. The summed E-state index contributed by atoms with van der Waals surface area (Å²) in [6.45, 7) is 0. The summed E-state index contributed by atoms with van der Waals surface area (Å²) in [6, 6.07) is 7.27. The number of hydrogen-bond acceptors (Lipinski definition) is 4. The van der Waals surface area contributed by atoms with Crippen LogP contribution >= 0.6 is 15.9 Å². The Morgan fingerprint density at radius 3 is 2.05 bits per heavy atom. The molecule has 2 rings (SSSR count). The molecule has 0 heterocycles. The lowest BCUT2D eigenvalue weighted by Gasteiger charge is -2.10. The molecule has 0 fully saturated rings. The van der Waals surface area contributed by atoms with Crippen molar-refractivity contribution < 1.29 is 17.2 Å². The van der Waals surface area contributed by atoms with Gasteiger partial charge in [0.25, 0.3) is 10.0 Å². The Balaban J connectivity index is 2.37. The van der Waals surface area contributed by atoms with Crippen molar-refractivity contribution in [1.82, 2.24) is 0 Å². The molecule has 4 N–H and O–H groups in total. The molecule has 5 nitrogen and oxygen atoms in total. The van der Waals surface area contributed by atoms with Gasteiger partial charge in [-0.15, -0.1) is 0 Å². The van der Waals surface area contributed by atoms with Crippen LogP contribution in [0.4, 0.5) is 20.2 Å². The van der Waals surface area contributed by atoms with E-state index in [2.05, 4.69) is 21.4 Å². The second-order valence-electron chi connectivity index (χ2n) is 4.02. The lowest BCUT2D eigenvalue weighted by molar-refractivity contribution is 0.582. The highest BCUT2D eigenvalue weighted by Crippen LogP contribution is 2.26. The topological polar surface area (TPSA) is 84.2 Å². The SMILES string of the molecule is NNc1ccc(S(=O)(=O)Nc2c(F)cc(Br)cc2F)cc1. The summed E-state index contributed by atoms with van der Waals surface area (Å²) in [5, 5.41) is 0. The van der Waals surface area contributed by atoms with Crippen molar-refractivity contribution >= 4 is 37.3 Å². The van der Waals surface area contributed by atoms with E-state index in [9.17, 15) is 17.2 Å². The smallest absolute Gasteiger partial charge is 0.262 e. The van der Waals surface area contributed by atoms with Gasteiger partial charge in [0, 0.05) is 10.2 Å². The summed E-state index contributed by atoms with van der Waals surface area (Å²) >= 11 is 2.91.